The summed E-state index contributed by atoms with van der Waals surface area (Å²) in [6.07, 6.45) is -1.99. The molecular formula is C5H12O4. The van der Waals surface area contributed by atoms with Crippen molar-refractivity contribution < 1.29 is 20.1 Å². The van der Waals surface area contributed by atoms with E-state index >= 15 is 0 Å². The van der Waals surface area contributed by atoms with E-state index in [0.29, 0.717) is 0 Å². The van der Waals surface area contributed by atoms with E-state index < -0.39 is 12.4 Å². The minimum atomic E-state index is -1.44. The zero-order chi connectivity index (χ0) is 7.28. The number of aliphatic hydroxyl groups is 3. The van der Waals surface area contributed by atoms with Crippen LogP contribution in [0.15, 0.2) is 0 Å². The lowest BCUT2D eigenvalue weighted by Gasteiger charge is -2.06. The summed E-state index contributed by atoms with van der Waals surface area (Å²) in [6.45, 7) is 1.55. The highest BCUT2D eigenvalue weighted by atomic mass is 16.5. The maximum atomic E-state index is 8.58. The fourth-order valence-electron chi connectivity index (χ4n) is 0.344. The van der Waals surface area contributed by atoms with Crippen LogP contribution in [0.1, 0.15) is 6.92 Å². The van der Waals surface area contributed by atoms with E-state index in [1.54, 1.807) is 6.92 Å². The SMILES string of the molecule is CC(O)COCC(O)O. The normalized spacial score (nSPS) is 14.3. The highest BCUT2D eigenvalue weighted by Gasteiger charge is 1.98. The van der Waals surface area contributed by atoms with Gasteiger partial charge in [-0.15, -0.1) is 0 Å². The van der Waals surface area contributed by atoms with Gasteiger partial charge in [0.15, 0.2) is 6.29 Å². The zero-order valence-electron chi connectivity index (χ0n) is 5.32. The minimum absolute atomic E-state index is 0.137. The minimum Gasteiger partial charge on any atom is -0.391 e. The van der Waals surface area contributed by atoms with Gasteiger partial charge in [-0.2, -0.15) is 0 Å². The third-order valence-corrected chi connectivity index (χ3v) is 0.626. The van der Waals surface area contributed by atoms with Crippen molar-refractivity contribution in [1.82, 2.24) is 0 Å². The van der Waals surface area contributed by atoms with Crippen molar-refractivity contribution in [2.24, 2.45) is 0 Å². The summed E-state index contributed by atoms with van der Waals surface area (Å²) >= 11 is 0. The Bertz CT molecular complexity index is 54.0. The van der Waals surface area contributed by atoms with Gasteiger partial charge in [-0.3, -0.25) is 0 Å². The molecule has 0 spiro atoms. The molecule has 0 aromatic rings. The molecule has 0 amide bonds. The molecule has 3 N–H and O–H groups in total. The maximum absolute atomic E-state index is 8.58. The zero-order valence-corrected chi connectivity index (χ0v) is 5.32. The van der Waals surface area contributed by atoms with Crippen molar-refractivity contribution in [3.8, 4) is 0 Å². The van der Waals surface area contributed by atoms with Crippen LogP contribution in [0, 0.1) is 0 Å². The molecule has 0 aliphatic carbocycles. The highest BCUT2D eigenvalue weighted by Crippen LogP contribution is 1.83. The average Bonchev–Trinajstić information content (AvgIpc) is 1.63. The van der Waals surface area contributed by atoms with Crippen molar-refractivity contribution in [3.05, 3.63) is 0 Å². The number of aliphatic hydroxyl groups excluding tert-OH is 2. The van der Waals surface area contributed by atoms with Crippen LogP contribution in [-0.4, -0.2) is 40.9 Å². The lowest BCUT2D eigenvalue weighted by atomic mass is 10.4. The van der Waals surface area contributed by atoms with Crippen molar-refractivity contribution in [1.29, 1.82) is 0 Å². The number of hydrogen-bond acceptors (Lipinski definition) is 4. The second-order valence-electron chi connectivity index (χ2n) is 1.87. The van der Waals surface area contributed by atoms with Gasteiger partial charge in [0.2, 0.25) is 0 Å². The number of ether oxygens (including phenoxy) is 1. The monoisotopic (exact) mass is 136 g/mol. The van der Waals surface area contributed by atoms with Gasteiger partial charge < -0.3 is 20.1 Å². The highest BCUT2D eigenvalue weighted by molar-refractivity contribution is 4.41. The number of hydrogen-bond donors (Lipinski definition) is 3. The summed E-state index contributed by atoms with van der Waals surface area (Å²) in [5.41, 5.74) is 0. The Morgan fingerprint density at radius 1 is 1.22 bits per heavy atom. The molecule has 0 radical (unpaired) electrons. The van der Waals surface area contributed by atoms with Crippen molar-refractivity contribution in [2.45, 2.75) is 19.3 Å². The summed E-state index contributed by atoms with van der Waals surface area (Å²) < 4.78 is 4.61. The second-order valence-corrected chi connectivity index (χ2v) is 1.87. The Morgan fingerprint density at radius 2 is 1.78 bits per heavy atom. The summed E-state index contributed by atoms with van der Waals surface area (Å²) in [5, 5.41) is 25.0. The smallest absolute Gasteiger partial charge is 0.175 e. The molecule has 0 saturated carbocycles. The second kappa shape index (κ2) is 4.69. The van der Waals surface area contributed by atoms with Crippen LogP contribution in [0.4, 0.5) is 0 Å². The molecule has 0 aliphatic heterocycles. The maximum Gasteiger partial charge on any atom is 0.175 e. The van der Waals surface area contributed by atoms with E-state index in [1.165, 1.54) is 0 Å². The van der Waals surface area contributed by atoms with E-state index in [0.717, 1.165) is 0 Å². The predicted octanol–water partition coefficient (Wildman–Crippen LogP) is -1.31. The van der Waals surface area contributed by atoms with Crippen LogP contribution in [-0.2, 0) is 4.74 Å². The summed E-state index contributed by atoms with van der Waals surface area (Å²) in [7, 11) is 0. The Labute approximate surface area is 53.7 Å². The lowest BCUT2D eigenvalue weighted by molar-refractivity contribution is -0.103. The quantitative estimate of drug-likeness (QED) is 0.420. The van der Waals surface area contributed by atoms with Gasteiger partial charge in [-0.1, -0.05) is 0 Å². The van der Waals surface area contributed by atoms with E-state index in [4.69, 9.17) is 15.3 Å². The standard InChI is InChI=1S/C5H12O4/c1-4(6)2-9-3-5(7)8/h4-8H,2-3H2,1H3. The van der Waals surface area contributed by atoms with Crippen molar-refractivity contribution >= 4 is 0 Å². The van der Waals surface area contributed by atoms with Crippen LogP contribution in [0.5, 0.6) is 0 Å². The van der Waals surface area contributed by atoms with Gasteiger partial charge in [-0.05, 0) is 6.92 Å². The van der Waals surface area contributed by atoms with Gasteiger partial charge in [0, 0.05) is 0 Å². The van der Waals surface area contributed by atoms with Crippen LogP contribution in [0.25, 0.3) is 0 Å². The fraction of sp³-hybridized carbons (Fsp3) is 1.00. The molecule has 0 aromatic carbocycles. The molecule has 56 valence electrons. The topological polar surface area (TPSA) is 69.9 Å². The van der Waals surface area contributed by atoms with Gasteiger partial charge >= 0.3 is 0 Å². The molecule has 4 nitrogen and oxygen atoms in total. The van der Waals surface area contributed by atoms with Crippen LogP contribution < -0.4 is 0 Å². The van der Waals surface area contributed by atoms with E-state index in [9.17, 15) is 0 Å². The molecule has 0 rings (SSSR count). The van der Waals surface area contributed by atoms with Gasteiger partial charge in [0.25, 0.3) is 0 Å². The Kier molecular flexibility index (Phi) is 4.61. The third-order valence-electron chi connectivity index (χ3n) is 0.626. The van der Waals surface area contributed by atoms with Crippen LogP contribution >= 0.6 is 0 Å². The van der Waals surface area contributed by atoms with Gasteiger partial charge in [-0.25, -0.2) is 0 Å². The molecule has 4 heteroatoms. The fourth-order valence-corrected chi connectivity index (χ4v) is 0.344. The van der Waals surface area contributed by atoms with Crippen molar-refractivity contribution in [3.63, 3.8) is 0 Å². The molecule has 0 fully saturated rings. The molecule has 9 heavy (non-hydrogen) atoms. The molecule has 0 heterocycles. The third kappa shape index (κ3) is 7.84. The van der Waals surface area contributed by atoms with Crippen LogP contribution in [0.2, 0.25) is 0 Å². The van der Waals surface area contributed by atoms with E-state index in [-0.39, 0.29) is 13.2 Å². The first kappa shape index (κ1) is 8.84. The summed E-state index contributed by atoms with van der Waals surface area (Å²) in [5.74, 6) is 0. The van der Waals surface area contributed by atoms with Gasteiger partial charge in [0.1, 0.15) is 0 Å². The Morgan fingerprint density at radius 3 is 2.11 bits per heavy atom. The average molecular weight is 136 g/mol. The molecule has 0 aliphatic rings. The summed E-state index contributed by atoms with van der Waals surface area (Å²) in [4.78, 5) is 0. The first-order chi connectivity index (χ1) is 4.13. The molecule has 0 bridgehead atoms. The molecule has 0 saturated heterocycles. The molecular weight excluding hydrogens is 124 g/mol. The first-order valence-electron chi connectivity index (χ1n) is 2.75. The summed E-state index contributed by atoms with van der Waals surface area (Å²) in [6, 6.07) is 0. The molecule has 1 unspecified atom stereocenters. The molecule has 0 aromatic heterocycles. The number of rotatable bonds is 4. The Hall–Kier alpha value is -0.160. The first-order valence-corrected chi connectivity index (χ1v) is 2.75. The van der Waals surface area contributed by atoms with Gasteiger partial charge in [0.05, 0.1) is 19.3 Å². The molecule has 1 atom stereocenters. The largest absolute Gasteiger partial charge is 0.391 e. The lowest BCUT2D eigenvalue weighted by Crippen LogP contribution is -2.18. The Balaban J connectivity index is 2.91. The van der Waals surface area contributed by atoms with Crippen LogP contribution in [0.3, 0.4) is 0 Å². The van der Waals surface area contributed by atoms with E-state index in [2.05, 4.69) is 4.74 Å². The van der Waals surface area contributed by atoms with Crippen molar-refractivity contribution in [2.75, 3.05) is 13.2 Å². The van der Waals surface area contributed by atoms with E-state index in [1.807, 2.05) is 0 Å². The predicted molar refractivity (Wildman–Crippen MR) is 30.7 cm³/mol.